The van der Waals surface area contributed by atoms with Crippen molar-refractivity contribution in [1.82, 2.24) is 19.8 Å². The van der Waals surface area contributed by atoms with E-state index in [1.165, 1.54) is 6.07 Å². The van der Waals surface area contributed by atoms with Crippen LogP contribution in [0.1, 0.15) is 55.7 Å². The van der Waals surface area contributed by atoms with E-state index < -0.39 is 23.3 Å². The number of ether oxygens (including phenoxy) is 2. The third kappa shape index (κ3) is 4.88. The van der Waals surface area contributed by atoms with Crippen LogP contribution in [0.2, 0.25) is 0 Å². The van der Waals surface area contributed by atoms with Crippen LogP contribution < -0.4 is 15.4 Å². The van der Waals surface area contributed by atoms with Gasteiger partial charge in [-0.1, -0.05) is 0 Å². The second-order valence-corrected chi connectivity index (χ2v) is 15.7. The van der Waals surface area contributed by atoms with E-state index in [2.05, 4.69) is 20.8 Å². The number of nitrogens with zero attached hydrogens (tertiary/aromatic N) is 6. The maximum atomic E-state index is 17.5. The number of piperidine rings is 1. The van der Waals surface area contributed by atoms with Crippen molar-refractivity contribution in [2.24, 2.45) is 0 Å². The van der Waals surface area contributed by atoms with Crippen LogP contribution in [0.4, 0.5) is 24.0 Å². The molecule has 14 heteroatoms. The number of nitriles is 1. The molecule has 8 heterocycles. The van der Waals surface area contributed by atoms with E-state index in [4.69, 9.17) is 25.2 Å². The molecule has 0 aliphatic carbocycles. The Balaban J connectivity index is 1.21. The number of nitrogens with two attached hydrogens (primary N) is 1. The molecule has 4 aromatic rings. The molecule has 0 radical (unpaired) electrons. The number of nitrogen functional groups attached to an aromatic ring is 1. The predicted octanol–water partition coefficient (Wildman–Crippen LogP) is 5.26. The van der Waals surface area contributed by atoms with Gasteiger partial charge in [0.1, 0.15) is 41.0 Å². The van der Waals surface area contributed by atoms with Crippen molar-refractivity contribution >= 4 is 43.1 Å². The number of aromatic nitrogens is 2. The highest BCUT2D eigenvalue weighted by Crippen LogP contribution is 2.50. The summed E-state index contributed by atoms with van der Waals surface area (Å²) >= 11 is 1.16. The summed E-state index contributed by atoms with van der Waals surface area (Å²) in [6.07, 6.45) is 2.41. The summed E-state index contributed by atoms with van der Waals surface area (Å²) in [5, 5.41) is 20.9. The SMILES string of the molecule is CC(O)CCN1CC2CC(C1)N2c1nc(OCC23CCCN2C[C@H](F)C3)nc2c(F)c(-c3c(F)ccc4sc(N)c(C#N)c34)c3c(c12)COC3. The minimum atomic E-state index is -0.936. The molecule has 2 bridgehead atoms. The predicted molar refractivity (Wildman–Crippen MR) is 184 cm³/mol. The maximum absolute atomic E-state index is 17.5. The molecule has 0 saturated carbocycles. The Morgan fingerprint density at radius 3 is 2.74 bits per heavy atom. The molecule has 50 heavy (non-hydrogen) atoms. The Hall–Kier alpha value is -3.74. The number of thiophene rings is 1. The first-order valence-electron chi connectivity index (χ1n) is 17.4. The fourth-order valence-electron chi connectivity index (χ4n) is 9.29. The molecule has 5 saturated heterocycles. The van der Waals surface area contributed by atoms with Crippen LogP contribution in [0.3, 0.4) is 0 Å². The number of rotatable bonds is 8. The summed E-state index contributed by atoms with van der Waals surface area (Å²) in [5.41, 5.74) is 6.97. The van der Waals surface area contributed by atoms with Crippen LogP contribution in [-0.2, 0) is 18.0 Å². The van der Waals surface area contributed by atoms with Gasteiger partial charge in [-0.15, -0.1) is 11.3 Å². The van der Waals surface area contributed by atoms with E-state index in [-0.39, 0.29) is 76.6 Å². The number of fused-ring (bicyclic) bond motifs is 7. The Morgan fingerprint density at radius 2 is 1.96 bits per heavy atom. The van der Waals surface area contributed by atoms with Crippen LogP contribution in [-0.4, -0.2) is 94.1 Å². The van der Waals surface area contributed by atoms with Gasteiger partial charge in [-0.2, -0.15) is 15.2 Å². The minimum absolute atomic E-state index is 0.00253. The molecule has 10 nitrogen and oxygen atoms in total. The third-order valence-corrected chi connectivity index (χ3v) is 12.5. The van der Waals surface area contributed by atoms with E-state index in [9.17, 15) is 14.8 Å². The molecule has 0 spiro atoms. The molecule has 5 fully saturated rings. The van der Waals surface area contributed by atoms with Crippen molar-refractivity contribution in [2.75, 3.05) is 50.0 Å². The zero-order chi connectivity index (χ0) is 34.5. The zero-order valence-electron chi connectivity index (χ0n) is 27.7. The minimum Gasteiger partial charge on any atom is -0.461 e. The van der Waals surface area contributed by atoms with E-state index in [1.807, 2.05) is 0 Å². The lowest BCUT2D eigenvalue weighted by atomic mass is 9.85. The van der Waals surface area contributed by atoms with E-state index >= 15 is 8.78 Å². The molecule has 262 valence electrons. The van der Waals surface area contributed by atoms with Gasteiger partial charge in [-0.05, 0) is 62.4 Å². The Morgan fingerprint density at radius 1 is 1.16 bits per heavy atom. The number of anilines is 2. The second-order valence-electron chi connectivity index (χ2n) is 14.7. The number of piperazine rings is 1. The lowest BCUT2D eigenvalue weighted by molar-refractivity contribution is 0.0915. The van der Waals surface area contributed by atoms with Crippen LogP contribution in [0.5, 0.6) is 6.01 Å². The molecule has 6 aliphatic rings. The summed E-state index contributed by atoms with van der Waals surface area (Å²) < 4.78 is 61.0. The number of hydrogen-bond donors (Lipinski definition) is 2. The van der Waals surface area contributed by atoms with Crippen molar-refractivity contribution in [1.29, 1.82) is 5.26 Å². The average Bonchev–Trinajstić information content (AvgIpc) is 3.86. The lowest BCUT2D eigenvalue weighted by Gasteiger charge is -2.57. The van der Waals surface area contributed by atoms with Crippen molar-refractivity contribution in [3.63, 3.8) is 0 Å². The zero-order valence-corrected chi connectivity index (χ0v) is 28.5. The second kappa shape index (κ2) is 11.9. The van der Waals surface area contributed by atoms with Gasteiger partial charge in [0.05, 0.1) is 35.8 Å². The Bertz CT molecular complexity index is 2080. The first-order valence-corrected chi connectivity index (χ1v) is 18.2. The van der Waals surface area contributed by atoms with E-state index in [1.54, 1.807) is 13.0 Å². The van der Waals surface area contributed by atoms with Gasteiger partial charge in [-0.25, -0.2) is 13.2 Å². The largest absolute Gasteiger partial charge is 0.461 e. The first-order chi connectivity index (χ1) is 24.2. The molecule has 2 aromatic carbocycles. The summed E-state index contributed by atoms with van der Waals surface area (Å²) in [6, 6.07) is 5.14. The van der Waals surface area contributed by atoms with Crippen molar-refractivity contribution in [3.05, 3.63) is 40.5 Å². The monoisotopic (exact) mass is 705 g/mol. The van der Waals surface area contributed by atoms with Gasteiger partial charge < -0.3 is 25.2 Å². The lowest BCUT2D eigenvalue weighted by Crippen LogP contribution is -2.69. The fourth-order valence-corrected chi connectivity index (χ4v) is 10.2. The molecule has 10 rings (SSSR count). The normalized spacial score (nSPS) is 26.7. The van der Waals surface area contributed by atoms with E-state index in [0.29, 0.717) is 46.4 Å². The summed E-state index contributed by atoms with van der Waals surface area (Å²) in [5.74, 6) is -0.866. The van der Waals surface area contributed by atoms with Gasteiger partial charge in [0.15, 0.2) is 5.82 Å². The van der Waals surface area contributed by atoms with E-state index in [0.717, 1.165) is 56.8 Å². The Labute approximate surface area is 291 Å². The standard InChI is InChI=1S/C36H38F3N7O3S/c1-18(47)5-8-44-13-20-9-21(14-44)46(20)34-29-24-16-48-15-23(24)28(30-25(38)3-4-26-27(30)22(11-40)33(41)50-26)31(39)32(29)42-35(43-34)49-17-36-6-2-7-45(36)12-19(37)10-36/h3-4,18-21,47H,2,5-10,12-17,41H2,1H3/t18?,19-,20?,21?,36?/m1/s1. The number of hydrogen-bond acceptors (Lipinski definition) is 11. The quantitative estimate of drug-likeness (QED) is 0.251. The molecule has 6 aliphatic heterocycles. The summed E-state index contributed by atoms with van der Waals surface area (Å²) in [6.45, 7) is 5.66. The van der Waals surface area contributed by atoms with Crippen molar-refractivity contribution < 1.29 is 27.8 Å². The maximum Gasteiger partial charge on any atom is 0.319 e. The highest BCUT2D eigenvalue weighted by molar-refractivity contribution is 7.23. The van der Waals surface area contributed by atoms with Crippen LogP contribution in [0.15, 0.2) is 12.1 Å². The Kier molecular flexibility index (Phi) is 7.67. The molecule has 4 unspecified atom stereocenters. The topological polar surface area (TPSA) is 124 Å². The molecule has 5 atom stereocenters. The molecular formula is C36H38F3N7O3S. The van der Waals surface area contributed by atoms with Crippen LogP contribution in [0, 0.1) is 23.0 Å². The summed E-state index contributed by atoms with van der Waals surface area (Å²) in [4.78, 5) is 16.4. The van der Waals surface area contributed by atoms with Crippen LogP contribution >= 0.6 is 11.3 Å². The van der Waals surface area contributed by atoms with Gasteiger partial charge in [0, 0.05) is 65.9 Å². The van der Waals surface area contributed by atoms with Gasteiger partial charge in [0.2, 0.25) is 0 Å². The third-order valence-electron chi connectivity index (χ3n) is 11.6. The summed E-state index contributed by atoms with van der Waals surface area (Å²) in [7, 11) is 0. The highest BCUT2D eigenvalue weighted by atomic mass is 32.1. The van der Waals surface area contributed by atoms with Crippen molar-refractivity contribution in [3.8, 4) is 23.2 Å². The number of aliphatic hydroxyl groups excluding tert-OH is 1. The number of benzene rings is 2. The smallest absolute Gasteiger partial charge is 0.319 e. The van der Waals surface area contributed by atoms with Crippen molar-refractivity contribution in [2.45, 2.75) is 82.1 Å². The number of aliphatic hydroxyl groups is 1. The van der Waals surface area contributed by atoms with Gasteiger partial charge >= 0.3 is 6.01 Å². The van der Waals surface area contributed by atoms with Gasteiger partial charge in [0.25, 0.3) is 0 Å². The number of alkyl halides is 1. The van der Waals surface area contributed by atoms with Gasteiger partial charge in [-0.3, -0.25) is 9.80 Å². The molecular weight excluding hydrogens is 668 g/mol. The first kappa shape index (κ1) is 32.2. The van der Waals surface area contributed by atoms with Crippen LogP contribution in [0.25, 0.3) is 32.1 Å². The molecule has 0 amide bonds. The molecule has 3 N–H and O–H groups in total. The highest BCUT2D eigenvalue weighted by Gasteiger charge is 2.50. The number of halogens is 3. The fraction of sp³-hybridized carbons (Fsp3) is 0.528. The average molecular weight is 706 g/mol. The molecule has 2 aromatic heterocycles.